The quantitative estimate of drug-likeness (QED) is 0.278. The predicted molar refractivity (Wildman–Crippen MR) is 140 cm³/mol. The Balaban J connectivity index is 1.43. The first-order valence-corrected chi connectivity index (χ1v) is 12.2. The minimum Gasteiger partial charge on any atom is -0.479 e. The molecule has 188 valence electrons. The Bertz CT molecular complexity index is 1550. The predicted octanol–water partition coefficient (Wildman–Crippen LogP) is 5.04. The van der Waals surface area contributed by atoms with Gasteiger partial charge in [0.2, 0.25) is 5.88 Å². The van der Waals surface area contributed by atoms with Crippen molar-refractivity contribution < 1.29 is 14.3 Å². The average molecular weight is 497 g/mol. The van der Waals surface area contributed by atoms with Gasteiger partial charge in [0.25, 0.3) is 5.95 Å². The maximum Gasteiger partial charge on any atom is 0.341 e. The van der Waals surface area contributed by atoms with Crippen LogP contribution in [0.1, 0.15) is 48.2 Å². The molecule has 0 saturated carbocycles. The van der Waals surface area contributed by atoms with Gasteiger partial charge in [-0.2, -0.15) is 15.2 Å². The van der Waals surface area contributed by atoms with Crippen LogP contribution in [0.15, 0.2) is 67.1 Å². The van der Waals surface area contributed by atoms with Crippen LogP contribution in [0.2, 0.25) is 0 Å². The number of carbonyl (C=O) groups is 1. The summed E-state index contributed by atoms with van der Waals surface area (Å²) in [5.41, 5.74) is 6.47. The molecule has 0 bridgehead atoms. The molecule has 0 aliphatic heterocycles. The first kappa shape index (κ1) is 24.2. The molecule has 37 heavy (non-hydrogen) atoms. The van der Waals surface area contributed by atoms with Crippen molar-refractivity contribution in [1.82, 2.24) is 29.5 Å². The van der Waals surface area contributed by atoms with E-state index in [1.54, 1.807) is 20.2 Å². The molecule has 3 heterocycles. The molecule has 0 atom stereocenters. The van der Waals surface area contributed by atoms with E-state index in [0.29, 0.717) is 34.9 Å². The highest BCUT2D eigenvalue weighted by Gasteiger charge is 2.18. The van der Waals surface area contributed by atoms with Crippen LogP contribution in [0, 0.1) is 0 Å². The Morgan fingerprint density at radius 3 is 2.51 bits per heavy atom. The largest absolute Gasteiger partial charge is 0.479 e. The Labute approximate surface area is 214 Å². The molecule has 0 unspecified atom stereocenters. The fourth-order valence-corrected chi connectivity index (χ4v) is 4.30. The summed E-state index contributed by atoms with van der Waals surface area (Å²) in [4.78, 5) is 21.1. The van der Waals surface area contributed by atoms with E-state index in [-0.39, 0.29) is 12.6 Å². The topological polar surface area (TPSA) is 97.0 Å². The Hall–Kier alpha value is -4.53. The zero-order valence-electron chi connectivity index (χ0n) is 21.3. The monoisotopic (exact) mass is 496 g/mol. The summed E-state index contributed by atoms with van der Waals surface area (Å²) in [5.74, 6) is 0.635. The van der Waals surface area contributed by atoms with Crippen LogP contribution in [0.5, 0.6) is 5.88 Å². The summed E-state index contributed by atoms with van der Waals surface area (Å²) in [7, 11) is 1.55. The number of rotatable bonds is 8. The molecule has 5 aromatic rings. The number of nitrogens with zero attached hydrogens (tertiary/aromatic N) is 6. The molecule has 0 amide bonds. The Morgan fingerprint density at radius 2 is 1.78 bits per heavy atom. The zero-order valence-corrected chi connectivity index (χ0v) is 21.3. The fraction of sp³-hybridized carbons (Fsp3) is 0.250. The van der Waals surface area contributed by atoms with Crippen molar-refractivity contribution in [3.05, 3.63) is 83.8 Å². The molecule has 5 rings (SSSR count). The van der Waals surface area contributed by atoms with Gasteiger partial charge in [-0.1, -0.05) is 62.4 Å². The van der Waals surface area contributed by atoms with Gasteiger partial charge >= 0.3 is 5.97 Å². The Kier molecular flexibility index (Phi) is 6.68. The van der Waals surface area contributed by atoms with E-state index >= 15 is 0 Å². The van der Waals surface area contributed by atoms with Crippen LogP contribution in [-0.4, -0.2) is 49.2 Å². The highest BCUT2D eigenvalue weighted by molar-refractivity contribution is 5.88. The van der Waals surface area contributed by atoms with Gasteiger partial charge in [-0.15, -0.1) is 0 Å². The smallest absolute Gasteiger partial charge is 0.341 e. The summed E-state index contributed by atoms with van der Waals surface area (Å²) in [6, 6.07) is 17.0. The third-order valence-corrected chi connectivity index (χ3v) is 6.12. The van der Waals surface area contributed by atoms with Crippen molar-refractivity contribution >= 4 is 17.0 Å². The highest BCUT2D eigenvalue weighted by Crippen LogP contribution is 2.30. The van der Waals surface area contributed by atoms with Crippen molar-refractivity contribution in [2.24, 2.45) is 0 Å². The Morgan fingerprint density at radius 1 is 1.00 bits per heavy atom. The van der Waals surface area contributed by atoms with Gasteiger partial charge in [0.15, 0.2) is 0 Å². The lowest BCUT2D eigenvalue weighted by Crippen LogP contribution is -2.07. The van der Waals surface area contributed by atoms with Crippen molar-refractivity contribution in [3.8, 4) is 23.0 Å². The van der Waals surface area contributed by atoms with Crippen molar-refractivity contribution in [2.75, 3.05) is 13.7 Å². The van der Waals surface area contributed by atoms with Crippen LogP contribution in [0.3, 0.4) is 0 Å². The van der Waals surface area contributed by atoms with Crippen LogP contribution < -0.4 is 4.74 Å². The van der Waals surface area contributed by atoms with E-state index in [1.165, 1.54) is 33.8 Å². The molecule has 9 heteroatoms. The number of aromatic nitrogens is 6. The van der Waals surface area contributed by atoms with E-state index in [1.807, 2.05) is 4.68 Å². The molecule has 0 aliphatic carbocycles. The number of carbonyl (C=O) groups excluding carboxylic acids is 1. The van der Waals surface area contributed by atoms with Crippen LogP contribution in [0.25, 0.3) is 28.1 Å². The van der Waals surface area contributed by atoms with Gasteiger partial charge in [-0.3, -0.25) is 4.68 Å². The molecule has 2 aromatic carbocycles. The standard InChI is InChI=1S/C28H28N6O3/c1-5-37-27(35)21-14-29-34(17-21)28-31-24-15-30-33(25(24)26(32-28)36-4)16-19-10-12-20(13-11-19)23-9-7-6-8-22(23)18(2)3/h6-15,17-18H,5,16H2,1-4H3. The number of hydrogen-bond donors (Lipinski definition) is 0. The average Bonchev–Trinajstić information content (AvgIpc) is 3.57. The summed E-state index contributed by atoms with van der Waals surface area (Å²) < 4.78 is 13.9. The molecule has 3 aromatic heterocycles. The third kappa shape index (κ3) is 4.80. The second-order valence-electron chi connectivity index (χ2n) is 8.90. The summed E-state index contributed by atoms with van der Waals surface area (Å²) >= 11 is 0. The summed E-state index contributed by atoms with van der Waals surface area (Å²) in [6.45, 7) is 6.99. The third-order valence-electron chi connectivity index (χ3n) is 6.12. The molecule has 0 aliphatic rings. The number of ether oxygens (including phenoxy) is 2. The first-order valence-electron chi connectivity index (χ1n) is 12.2. The maximum atomic E-state index is 12.0. The van der Waals surface area contributed by atoms with Crippen LogP contribution in [0.4, 0.5) is 0 Å². The van der Waals surface area contributed by atoms with E-state index in [9.17, 15) is 4.79 Å². The van der Waals surface area contributed by atoms with E-state index < -0.39 is 5.97 Å². The molecule has 0 N–H and O–H groups in total. The number of benzene rings is 2. The zero-order chi connectivity index (χ0) is 25.9. The van der Waals surface area contributed by atoms with Gasteiger partial charge in [0.1, 0.15) is 11.0 Å². The van der Waals surface area contributed by atoms with Crippen molar-refractivity contribution in [1.29, 1.82) is 0 Å². The second-order valence-corrected chi connectivity index (χ2v) is 8.90. The number of esters is 1. The molecule has 0 spiro atoms. The summed E-state index contributed by atoms with van der Waals surface area (Å²) in [5, 5.41) is 8.74. The van der Waals surface area contributed by atoms with Crippen LogP contribution in [-0.2, 0) is 11.3 Å². The lowest BCUT2D eigenvalue weighted by molar-refractivity contribution is 0.0526. The van der Waals surface area contributed by atoms with Gasteiger partial charge in [-0.05, 0) is 35.1 Å². The number of hydrogen-bond acceptors (Lipinski definition) is 7. The van der Waals surface area contributed by atoms with Gasteiger partial charge in [0, 0.05) is 6.20 Å². The minimum atomic E-state index is -0.451. The van der Waals surface area contributed by atoms with Gasteiger partial charge in [0.05, 0.1) is 38.2 Å². The lowest BCUT2D eigenvalue weighted by Gasteiger charge is -2.13. The van der Waals surface area contributed by atoms with Gasteiger partial charge in [-0.25, -0.2) is 14.5 Å². The lowest BCUT2D eigenvalue weighted by atomic mass is 9.92. The van der Waals surface area contributed by atoms with E-state index in [2.05, 4.69) is 82.5 Å². The van der Waals surface area contributed by atoms with Crippen molar-refractivity contribution in [2.45, 2.75) is 33.2 Å². The molecule has 9 nitrogen and oxygen atoms in total. The van der Waals surface area contributed by atoms with Crippen LogP contribution >= 0.6 is 0 Å². The second kappa shape index (κ2) is 10.2. The molecular weight excluding hydrogens is 468 g/mol. The van der Waals surface area contributed by atoms with Gasteiger partial charge < -0.3 is 9.47 Å². The molecule has 0 fully saturated rings. The molecule has 0 saturated heterocycles. The van der Waals surface area contributed by atoms with E-state index in [4.69, 9.17) is 9.47 Å². The maximum absolute atomic E-state index is 12.0. The van der Waals surface area contributed by atoms with Crippen molar-refractivity contribution in [3.63, 3.8) is 0 Å². The molecular formula is C28H28N6O3. The number of methoxy groups -OCH3 is 1. The fourth-order valence-electron chi connectivity index (χ4n) is 4.30. The highest BCUT2D eigenvalue weighted by atomic mass is 16.5. The first-order chi connectivity index (χ1) is 18.0. The normalized spacial score (nSPS) is 11.3. The SMILES string of the molecule is CCOC(=O)c1cnn(-c2nc(OC)c3c(cnn3Cc3ccc(-c4ccccc4C(C)C)cc3)n2)c1. The molecule has 0 radical (unpaired) electrons. The number of fused-ring (bicyclic) bond motifs is 1. The van der Waals surface area contributed by atoms with E-state index in [0.717, 1.165) is 5.56 Å². The summed E-state index contributed by atoms with van der Waals surface area (Å²) in [6.07, 6.45) is 4.62. The minimum absolute atomic E-state index is 0.271.